The summed E-state index contributed by atoms with van der Waals surface area (Å²) in [5.41, 5.74) is 2.52. The van der Waals surface area contributed by atoms with E-state index in [0.29, 0.717) is 0 Å². The summed E-state index contributed by atoms with van der Waals surface area (Å²) in [5.74, 6) is 0. The fourth-order valence-corrected chi connectivity index (χ4v) is 3.35. The van der Waals surface area contributed by atoms with E-state index in [1.54, 1.807) is 0 Å². The van der Waals surface area contributed by atoms with E-state index < -0.39 is 0 Å². The lowest BCUT2D eigenvalue weighted by Gasteiger charge is -2.26. The van der Waals surface area contributed by atoms with Gasteiger partial charge in [0.05, 0.1) is 19.4 Å². The second kappa shape index (κ2) is 10.5. The standard InChI is InChI=1S/C20H32N4O/c1-2-11-24(12-3-1)22-18-20-7-5-19(6-8-20)17-21-9-4-10-23-13-15-25-16-14-23/h5-8,18,21H,1-4,9-17H2. The van der Waals surface area contributed by atoms with Gasteiger partial charge in [-0.1, -0.05) is 24.3 Å². The molecule has 0 radical (unpaired) electrons. The van der Waals surface area contributed by atoms with Gasteiger partial charge in [0, 0.05) is 32.7 Å². The van der Waals surface area contributed by atoms with Gasteiger partial charge in [-0.25, -0.2) is 0 Å². The Labute approximate surface area is 152 Å². The summed E-state index contributed by atoms with van der Waals surface area (Å²) >= 11 is 0. The van der Waals surface area contributed by atoms with Crippen LogP contribution in [-0.4, -0.2) is 68.6 Å². The van der Waals surface area contributed by atoms with Crippen molar-refractivity contribution < 1.29 is 4.74 Å². The van der Waals surface area contributed by atoms with Gasteiger partial charge in [0.2, 0.25) is 0 Å². The van der Waals surface area contributed by atoms with E-state index in [-0.39, 0.29) is 0 Å². The highest BCUT2D eigenvalue weighted by Gasteiger charge is 2.09. The molecule has 0 spiro atoms. The average Bonchev–Trinajstić information content (AvgIpc) is 2.69. The first-order chi connectivity index (χ1) is 12.4. The van der Waals surface area contributed by atoms with E-state index >= 15 is 0 Å². The lowest BCUT2D eigenvalue weighted by atomic mass is 10.1. The number of nitrogens with one attached hydrogen (secondary N) is 1. The molecule has 0 bridgehead atoms. The number of benzene rings is 1. The molecule has 2 fully saturated rings. The van der Waals surface area contributed by atoms with Crippen LogP contribution in [0.1, 0.15) is 36.8 Å². The van der Waals surface area contributed by atoms with Crippen LogP contribution in [0, 0.1) is 0 Å². The molecule has 25 heavy (non-hydrogen) atoms. The molecule has 1 aromatic carbocycles. The largest absolute Gasteiger partial charge is 0.379 e. The van der Waals surface area contributed by atoms with Crippen molar-refractivity contribution in [2.45, 2.75) is 32.2 Å². The number of rotatable bonds is 8. The zero-order valence-corrected chi connectivity index (χ0v) is 15.3. The first-order valence-corrected chi connectivity index (χ1v) is 9.79. The van der Waals surface area contributed by atoms with Gasteiger partial charge in [-0.2, -0.15) is 5.10 Å². The van der Waals surface area contributed by atoms with Crippen molar-refractivity contribution in [3.63, 3.8) is 0 Å². The number of ether oxygens (including phenoxy) is 1. The Balaban J connectivity index is 1.31. The van der Waals surface area contributed by atoms with Crippen LogP contribution in [-0.2, 0) is 11.3 Å². The summed E-state index contributed by atoms with van der Waals surface area (Å²) in [4.78, 5) is 2.49. The Kier molecular flexibility index (Phi) is 7.74. The van der Waals surface area contributed by atoms with Gasteiger partial charge < -0.3 is 10.1 Å². The fraction of sp³-hybridized carbons (Fsp3) is 0.650. The predicted octanol–water partition coefficient (Wildman–Crippen LogP) is 2.32. The van der Waals surface area contributed by atoms with Crippen LogP contribution in [0.5, 0.6) is 0 Å². The van der Waals surface area contributed by atoms with Crippen molar-refractivity contribution in [1.29, 1.82) is 0 Å². The molecule has 3 rings (SSSR count). The van der Waals surface area contributed by atoms with Crippen LogP contribution >= 0.6 is 0 Å². The molecular weight excluding hydrogens is 312 g/mol. The topological polar surface area (TPSA) is 40.1 Å². The van der Waals surface area contributed by atoms with Gasteiger partial charge in [-0.15, -0.1) is 0 Å². The number of hydrazone groups is 1. The molecule has 5 nitrogen and oxygen atoms in total. The molecule has 2 aliphatic rings. The fourth-order valence-electron chi connectivity index (χ4n) is 3.35. The second-order valence-electron chi connectivity index (χ2n) is 6.98. The van der Waals surface area contributed by atoms with E-state index in [4.69, 9.17) is 4.74 Å². The summed E-state index contributed by atoms with van der Waals surface area (Å²) in [5, 5.41) is 10.3. The third-order valence-corrected chi connectivity index (χ3v) is 4.94. The summed E-state index contributed by atoms with van der Waals surface area (Å²) in [6.45, 7) is 9.32. The molecular formula is C20H32N4O. The Morgan fingerprint density at radius 3 is 2.52 bits per heavy atom. The van der Waals surface area contributed by atoms with Gasteiger partial charge in [0.25, 0.3) is 0 Å². The summed E-state index contributed by atoms with van der Waals surface area (Å²) in [6, 6.07) is 8.73. The number of morpholine rings is 1. The molecule has 1 N–H and O–H groups in total. The maximum absolute atomic E-state index is 5.38. The zero-order chi connectivity index (χ0) is 17.2. The van der Waals surface area contributed by atoms with Gasteiger partial charge in [-0.3, -0.25) is 9.91 Å². The normalized spacial score (nSPS) is 19.6. The first kappa shape index (κ1) is 18.4. The van der Waals surface area contributed by atoms with Gasteiger partial charge >= 0.3 is 0 Å². The van der Waals surface area contributed by atoms with Crippen LogP contribution in [0.4, 0.5) is 0 Å². The molecule has 2 aliphatic heterocycles. The minimum atomic E-state index is 0.890. The molecule has 0 atom stereocenters. The highest BCUT2D eigenvalue weighted by Crippen LogP contribution is 2.09. The molecule has 0 saturated carbocycles. The maximum atomic E-state index is 5.38. The lowest BCUT2D eigenvalue weighted by Crippen LogP contribution is -2.37. The summed E-state index contributed by atoms with van der Waals surface area (Å²) < 4.78 is 5.38. The number of hydrogen-bond acceptors (Lipinski definition) is 5. The van der Waals surface area contributed by atoms with Crippen molar-refractivity contribution in [2.75, 3.05) is 52.5 Å². The molecule has 1 aromatic rings. The second-order valence-corrected chi connectivity index (χ2v) is 6.98. The molecule has 0 aromatic heterocycles. The highest BCUT2D eigenvalue weighted by molar-refractivity contribution is 5.79. The molecule has 2 saturated heterocycles. The quantitative estimate of drug-likeness (QED) is 0.580. The third-order valence-electron chi connectivity index (χ3n) is 4.94. The van der Waals surface area contributed by atoms with E-state index in [1.165, 1.54) is 43.4 Å². The van der Waals surface area contributed by atoms with Crippen LogP contribution < -0.4 is 5.32 Å². The number of piperidine rings is 1. The lowest BCUT2D eigenvalue weighted by molar-refractivity contribution is 0.0374. The summed E-state index contributed by atoms with van der Waals surface area (Å²) in [6.07, 6.45) is 7.08. The van der Waals surface area contributed by atoms with Gasteiger partial charge in [0.1, 0.15) is 0 Å². The Morgan fingerprint density at radius 2 is 1.76 bits per heavy atom. The average molecular weight is 345 g/mol. The molecule has 0 unspecified atom stereocenters. The molecule has 0 amide bonds. The van der Waals surface area contributed by atoms with Crippen LogP contribution in [0.3, 0.4) is 0 Å². The smallest absolute Gasteiger partial charge is 0.0594 e. The number of nitrogens with zero attached hydrogens (tertiary/aromatic N) is 3. The first-order valence-electron chi connectivity index (χ1n) is 9.79. The summed E-state index contributed by atoms with van der Waals surface area (Å²) in [7, 11) is 0. The van der Waals surface area contributed by atoms with Crippen LogP contribution in [0.25, 0.3) is 0 Å². The molecule has 2 heterocycles. The molecule has 5 heteroatoms. The molecule has 138 valence electrons. The van der Waals surface area contributed by atoms with Crippen molar-refractivity contribution in [2.24, 2.45) is 5.10 Å². The van der Waals surface area contributed by atoms with Gasteiger partial charge in [0.15, 0.2) is 0 Å². The van der Waals surface area contributed by atoms with Gasteiger partial charge in [-0.05, 0) is 49.9 Å². The zero-order valence-electron chi connectivity index (χ0n) is 15.3. The predicted molar refractivity (Wildman–Crippen MR) is 103 cm³/mol. The van der Waals surface area contributed by atoms with Crippen molar-refractivity contribution >= 4 is 6.21 Å². The van der Waals surface area contributed by atoms with E-state index in [9.17, 15) is 0 Å². The minimum absolute atomic E-state index is 0.890. The SMILES string of the molecule is C(=NN1CCCCC1)c1ccc(CNCCCN2CCOCC2)cc1. The molecule has 0 aliphatic carbocycles. The monoisotopic (exact) mass is 344 g/mol. The maximum Gasteiger partial charge on any atom is 0.0594 e. The van der Waals surface area contributed by atoms with Crippen molar-refractivity contribution in [3.05, 3.63) is 35.4 Å². The van der Waals surface area contributed by atoms with Crippen molar-refractivity contribution in [3.8, 4) is 0 Å². The van der Waals surface area contributed by atoms with Crippen LogP contribution in [0.2, 0.25) is 0 Å². The number of hydrogen-bond donors (Lipinski definition) is 1. The minimum Gasteiger partial charge on any atom is -0.379 e. The third kappa shape index (κ3) is 6.77. The highest BCUT2D eigenvalue weighted by atomic mass is 16.5. The Hall–Kier alpha value is -1.43. The van der Waals surface area contributed by atoms with E-state index in [0.717, 1.165) is 52.5 Å². The Morgan fingerprint density at radius 1 is 1.00 bits per heavy atom. The van der Waals surface area contributed by atoms with Crippen LogP contribution in [0.15, 0.2) is 29.4 Å². The van der Waals surface area contributed by atoms with Crippen molar-refractivity contribution in [1.82, 2.24) is 15.2 Å². The van der Waals surface area contributed by atoms with E-state index in [2.05, 4.69) is 44.6 Å². The van der Waals surface area contributed by atoms with E-state index in [1.807, 2.05) is 6.21 Å². The Bertz CT molecular complexity index is 505.